The second-order valence-corrected chi connectivity index (χ2v) is 4.09. The molecule has 0 saturated carbocycles. The molecule has 0 bridgehead atoms. The molecule has 0 fully saturated rings. The lowest BCUT2D eigenvalue weighted by atomic mass is 10.2. The van der Waals surface area contributed by atoms with Crippen molar-refractivity contribution in [2.75, 3.05) is 6.61 Å². The van der Waals surface area contributed by atoms with Crippen LogP contribution in [0.5, 0.6) is 11.6 Å². The summed E-state index contributed by atoms with van der Waals surface area (Å²) >= 11 is 0. The highest BCUT2D eigenvalue weighted by molar-refractivity contribution is 5.89. The van der Waals surface area contributed by atoms with Crippen LogP contribution in [0.15, 0.2) is 24.3 Å². The number of halogens is 3. The second kappa shape index (κ2) is 6.83. The third-order valence-electron chi connectivity index (χ3n) is 2.41. The van der Waals surface area contributed by atoms with Crippen molar-refractivity contribution in [2.24, 2.45) is 0 Å². The van der Waals surface area contributed by atoms with Gasteiger partial charge in [-0.1, -0.05) is 16.2 Å². The van der Waals surface area contributed by atoms with Crippen LogP contribution in [-0.2, 0) is 4.74 Å². The Labute approximate surface area is 128 Å². The normalized spacial score (nSPS) is 10.6. The minimum atomic E-state index is -4.55. The molecule has 0 aliphatic rings. The smallest absolute Gasteiger partial charge is 0.458 e. The molecular weight excluding hydrogens is 315 g/mol. The van der Waals surface area contributed by atoms with Crippen LogP contribution < -0.4 is 4.74 Å². The van der Waals surface area contributed by atoms with Crippen LogP contribution in [0.2, 0.25) is 0 Å². The van der Waals surface area contributed by atoms with Crippen LogP contribution in [-0.4, -0.2) is 34.2 Å². The van der Waals surface area contributed by atoms with Gasteiger partial charge < -0.3 is 9.47 Å². The molecule has 0 aliphatic heterocycles. The number of nitrogens with zero attached hydrogens (tertiary/aromatic N) is 2. The zero-order valence-corrected chi connectivity index (χ0v) is 11.8. The number of aromatic amines is 1. The van der Waals surface area contributed by atoms with Crippen molar-refractivity contribution in [1.29, 1.82) is 0 Å². The Morgan fingerprint density at radius 3 is 2.61 bits per heavy atom. The Morgan fingerprint density at radius 2 is 2.00 bits per heavy atom. The van der Waals surface area contributed by atoms with Crippen LogP contribution in [0.3, 0.4) is 0 Å². The molecule has 0 spiro atoms. The molecule has 120 valence electrons. The maximum atomic E-state index is 12.0. The Hall–Kier alpha value is -3.02. The molecule has 2 rings (SSSR count). The summed E-state index contributed by atoms with van der Waals surface area (Å²) in [5.74, 6) is 2.61. The summed E-state index contributed by atoms with van der Waals surface area (Å²) in [5.41, 5.74) is 0.105. The molecule has 0 amide bonds. The first-order chi connectivity index (χ1) is 10.9. The summed E-state index contributed by atoms with van der Waals surface area (Å²) in [6.07, 6.45) is -4.55. The number of carbonyl (C=O) groups is 1. The topological polar surface area (TPSA) is 77.1 Å². The molecule has 1 aromatic carbocycles. The van der Waals surface area contributed by atoms with Gasteiger partial charge in [0.15, 0.2) is 0 Å². The molecule has 0 saturated heterocycles. The molecule has 0 radical (unpaired) electrons. The van der Waals surface area contributed by atoms with Crippen molar-refractivity contribution in [3.8, 4) is 23.5 Å². The maximum Gasteiger partial charge on any atom is 0.458 e. The Morgan fingerprint density at radius 1 is 1.30 bits per heavy atom. The number of rotatable bonds is 4. The minimum absolute atomic E-state index is 0.0622. The molecule has 9 heteroatoms. The highest BCUT2D eigenvalue weighted by atomic mass is 19.4. The van der Waals surface area contributed by atoms with E-state index in [2.05, 4.69) is 15.4 Å². The summed E-state index contributed by atoms with van der Waals surface area (Å²) in [4.78, 5) is 11.6. The van der Waals surface area contributed by atoms with Crippen molar-refractivity contribution in [3.63, 3.8) is 0 Å². The van der Waals surface area contributed by atoms with Gasteiger partial charge in [0.25, 0.3) is 5.88 Å². The van der Waals surface area contributed by atoms with E-state index in [4.69, 9.17) is 9.47 Å². The highest BCUT2D eigenvalue weighted by Crippen LogP contribution is 2.22. The van der Waals surface area contributed by atoms with Gasteiger partial charge in [-0.05, 0) is 31.2 Å². The van der Waals surface area contributed by atoms with E-state index < -0.39 is 12.1 Å². The van der Waals surface area contributed by atoms with Gasteiger partial charge in [-0.15, -0.1) is 0 Å². The van der Waals surface area contributed by atoms with Gasteiger partial charge in [-0.25, -0.2) is 9.89 Å². The molecule has 1 N–H and O–H groups in total. The van der Waals surface area contributed by atoms with Crippen molar-refractivity contribution >= 4 is 5.97 Å². The summed E-state index contributed by atoms with van der Waals surface area (Å²) in [5, 5.41) is 9.40. The van der Waals surface area contributed by atoms with Gasteiger partial charge in [0.05, 0.1) is 6.61 Å². The first kappa shape index (κ1) is 16.4. The first-order valence-corrected chi connectivity index (χ1v) is 6.35. The number of benzene rings is 1. The molecule has 2 aromatic rings. The fourth-order valence-electron chi connectivity index (χ4n) is 1.49. The number of H-pyrrole nitrogens is 1. The van der Waals surface area contributed by atoms with Gasteiger partial charge in [0, 0.05) is 11.5 Å². The van der Waals surface area contributed by atoms with E-state index in [1.165, 1.54) is 24.3 Å². The second-order valence-electron chi connectivity index (χ2n) is 4.09. The van der Waals surface area contributed by atoms with E-state index in [0.29, 0.717) is 0 Å². The molecule has 6 nitrogen and oxygen atoms in total. The summed E-state index contributed by atoms with van der Waals surface area (Å²) in [6, 6.07) is 5.48. The van der Waals surface area contributed by atoms with Crippen molar-refractivity contribution in [2.45, 2.75) is 13.1 Å². The number of hydrogen-bond donors (Lipinski definition) is 1. The largest absolute Gasteiger partial charge is 0.461 e. The maximum absolute atomic E-state index is 12.0. The molecule has 0 atom stereocenters. The van der Waals surface area contributed by atoms with Crippen LogP contribution in [0, 0.1) is 11.8 Å². The lowest BCUT2D eigenvalue weighted by Crippen LogP contribution is -2.06. The molecule has 23 heavy (non-hydrogen) atoms. The predicted octanol–water partition coefficient (Wildman–Crippen LogP) is 2.69. The molecule has 0 aliphatic carbocycles. The number of nitrogens with one attached hydrogen (secondary N) is 1. The lowest BCUT2D eigenvalue weighted by Gasteiger charge is -2.04. The summed E-state index contributed by atoms with van der Waals surface area (Å²) < 4.78 is 46.1. The van der Waals surface area contributed by atoms with E-state index in [1.807, 2.05) is 5.92 Å². The van der Waals surface area contributed by atoms with Crippen molar-refractivity contribution in [3.05, 3.63) is 35.5 Å². The molecule has 1 aromatic heterocycles. The van der Waals surface area contributed by atoms with E-state index in [0.717, 1.165) is 5.92 Å². The fourth-order valence-corrected chi connectivity index (χ4v) is 1.49. The van der Waals surface area contributed by atoms with Gasteiger partial charge in [-0.2, -0.15) is 13.2 Å². The van der Waals surface area contributed by atoms with Gasteiger partial charge in [0.1, 0.15) is 5.75 Å². The van der Waals surface area contributed by atoms with Crippen LogP contribution in [0.25, 0.3) is 0 Å². The monoisotopic (exact) mass is 325 g/mol. The zero-order valence-electron chi connectivity index (χ0n) is 11.8. The van der Waals surface area contributed by atoms with Crippen LogP contribution in [0.4, 0.5) is 13.2 Å². The number of hydrogen-bond acceptors (Lipinski definition) is 5. The van der Waals surface area contributed by atoms with Crippen LogP contribution in [0.1, 0.15) is 23.0 Å². The van der Waals surface area contributed by atoms with Crippen molar-refractivity contribution < 1.29 is 27.4 Å². The number of carbonyl (C=O) groups excluding carboxylic acids is 1. The van der Waals surface area contributed by atoms with Crippen LogP contribution >= 0.6 is 0 Å². The average molecular weight is 325 g/mol. The SMILES string of the molecule is CCOC(=O)c1[nH]nnc1Oc1ccc(C#CC(F)(F)F)cc1. The van der Waals surface area contributed by atoms with E-state index in [1.54, 1.807) is 6.92 Å². The molecule has 0 unspecified atom stereocenters. The quantitative estimate of drug-likeness (QED) is 0.691. The predicted molar refractivity (Wildman–Crippen MR) is 71.8 cm³/mol. The number of esters is 1. The Kier molecular flexibility index (Phi) is 4.85. The minimum Gasteiger partial charge on any atom is -0.461 e. The average Bonchev–Trinajstić information content (AvgIpc) is 2.94. The van der Waals surface area contributed by atoms with E-state index >= 15 is 0 Å². The number of alkyl halides is 3. The molecule has 1 heterocycles. The number of ether oxygens (including phenoxy) is 2. The number of aromatic nitrogens is 3. The summed E-state index contributed by atoms with van der Waals surface area (Å²) in [7, 11) is 0. The fraction of sp³-hybridized carbons (Fsp3) is 0.214. The zero-order chi connectivity index (χ0) is 16.9. The van der Waals surface area contributed by atoms with Gasteiger partial charge >= 0.3 is 12.1 Å². The lowest BCUT2D eigenvalue weighted by molar-refractivity contribution is -0.0696. The standard InChI is InChI=1S/C14H10F3N3O3/c1-2-22-13(21)11-12(19-20-18-11)23-10-5-3-9(4-6-10)7-8-14(15,16)17/h3-6H,2H2,1H3,(H,18,19,20). The first-order valence-electron chi connectivity index (χ1n) is 6.35. The summed E-state index contributed by atoms with van der Waals surface area (Å²) in [6.45, 7) is 1.81. The van der Waals surface area contributed by atoms with Gasteiger partial charge in [0.2, 0.25) is 5.69 Å². The third kappa shape index (κ3) is 4.74. The van der Waals surface area contributed by atoms with Crippen molar-refractivity contribution in [1.82, 2.24) is 15.4 Å². The highest BCUT2D eigenvalue weighted by Gasteiger charge is 2.23. The Bertz CT molecular complexity index is 742. The molecular formula is C14H10F3N3O3. The Balaban J connectivity index is 2.11. The van der Waals surface area contributed by atoms with E-state index in [-0.39, 0.29) is 29.5 Å². The third-order valence-corrected chi connectivity index (χ3v) is 2.41. The van der Waals surface area contributed by atoms with E-state index in [9.17, 15) is 18.0 Å². The van der Waals surface area contributed by atoms with Gasteiger partial charge in [-0.3, -0.25) is 0 Å².